The summed E-state index contributed by atoms with van der Waals surface area (Å²) in [4.78, 5) is 15.4. The van der Waals surface area contributed by atoms with Crippen molar-refractivity contribution >= 4 is 33.8 Å². The lowest BCUT2D eigenvalue weighted by molar-refractivity contribution is 0.0136. The third-order valence-electron chi connectivity index (χ3n) is 8.30. The molecule has 1 fully saturated rings. The van der Waals surface area contributed by atoms with E-state index in [-0.39, 0.29) is 6.10 Å². The lowest BCUT2D eigenvalue weighted by Gasteiger charge is -2.44. The molecule has 0 radical (unpaired) electrons. The number of ether oxygens (including phenoxy) is 2. The van der Waals surface area contributed by atoms with Crippen LogP contribution in [0.4, 0.5) is 5.69 Å². The maximum atomic E-state index is 13.0. The van der Waals surface area contributed by atoms with E-state index in [1.165, 1.54) is 11.1 Å². The van der Waals surface area contributed by atoms with Gasteiger partial charge < -0.3 is 22.9 Å². The van der Waals surface area contributed by atoms with Gasteiger partial charge in [-0.05, 0) is 98.6 Å². The van der Waals surface area contributed by atoms with E-state index in [1.54, 1.807) is 13.2 Å². The van der Waals surface area contributed by atoms with Gasteiger partial charge in [-0.15, -0.1) is 0 Å². The summed E-state index contributed by atoms with van der Waals surface area (Å²) in [6.07, 6.45) is 15.1. The van der Waals surface area contributed by atoms with Crippen molar-refractivity contribution in [2.75, 3.05) is 37.5 Å². The van der Waals surface area contributed by atoms with Crippen LogP contribution in [0.2, 0.25) is 0 Å². The summed E-state index contributed by atoms with van der Waals surface area (Å²) in [6, 6.07) is 5.54. The number of carbonyl (C=O) groups is 1. The molecule has 206 valence electrons. The van der Waals surface area contributed by atoms with Crippen LogP contribution in [0.15, 0.2) is 57.0 Å². The molecule has 1 aromatic rings. The molecule has 0 spiro atoms. The molecule has 1 amide bonds. The third-order valence-corrected chi connectivity index (χ3v) is 9.61. The number of rotatable bonds is 1. The molecule has 2 aliphatic heterocycles. The first-order valence-electron chi connectivity index (χ1n) is 13.9. The van der Waals surface area contributed by atoms with Crippen molar-refractivity contribution < 1.29 is 18.5 Å². The second-order valence-corrected chi connectivity index (χ2v) is 12.5. The molecule has 0 aromatic heterocycles. The topological polar surface area (TPSA) is 68.2 Å². The van der Waals surface area contributed by atoms with Crippen LogP contribution in [0.3, 0.4) is 0 Å². The van der Waals surface area contributed by atoms with Gasteiger partial charge in [-0.2, -0.15) is 10.6 Å². The van der Waals surface area contributed by atoms with Crippen molar-refractivity contribution in [3.05, 3.63) is 58.2 Å². The number of amides is 1. The van der Waals surface area contributed by atoms with Gasteiger partial charge in [0, 0.05) is 30.8 Å². The normalized spacial score (nSPS) is 27.6. The lowest BCUT2D eigenvalue weighted by atomic mass is 9.70. The molecule has 5 rings (SSSR count). The standard InChI is InChI=1S/C30H38ClN2O4S/c1-36-28-8-3-2-6-16-38(35)32-30(34)22-11-14-29-27(18-22)33(20-24-10-13-26(24)28)19-23-9-12-25(31)17-21(23)7-4-5-15-37-29/h3,8,11,14,17-18,24,26,28H,2,4-7,9-10,12-13,15-16,19-20H2,1H3/q-1. The van der Waals surface area contributed by atoms with Crippen LogP contribution in [0.1, 0.15) is 68.1 Å². The summed E-state index contributed by atoms with van der Waals surface area (Å²) < 4.78 is 28.8. The van der Waals surface area contributed by atoms with E-state index in [9.17, 15) is 9.00 Å². The Hall–Kier alpha value is -2.09. The van der Waals surface area contributed by atoms with E-state index in [1.807, 2.05) is 12.1 Å². The highest BCUT2D eigenvalue weighted by Crippen LogP contribution is 2.42. The SMILES string of the molecule is COC1C=CCCC[S-](=O)=NC(=O)c2ccc3c(c2)N(CC2=C(C=C(Cl)CC2)CCCCO3)CC2CCC21. The van der Waals surface area contributed by atoms with Gasteiger partial charge in [0.2, 0.25) is 0 Å². The third kappa shape index (κ3) is 6.54. The average Bonchev–Trinajstić information content (AvgIpc) is 2.92. The van der Waals surface area contributed by atoms with Crippen molar-refractivity contribution in [1.29, 1.82) is 0 Å². The first-order valence-corrected chi connectivity index (χ1v) is 15.6. The fourth-order valence-electron chi connectivity index (χ4n) is 6.00. The predicted molar refractivity (Wildman–Crippen MR) is 153 cm³/mol. The van der Waals surface area contributed by atoms with Crippen molar-refractivity contribution in [2.45, 2.75) is 63.9 Å². The Morgan fingerprint density at radius 3 is 2.87 bits per heavy atom. The van der Waals surface area contributed by atoms with Gasteiger partial charge in [-0.1, -0.05) is 35.9 Å². The first-order chi connectivity index (χ1) is 18.5. The number of carbonyl (C=O) groups excluding carboxylic acids is 1. The summed E-state index contributed by atoms with van der Waals surface area (Å²) in [5.74, 6) is 1.63. The van der Waals surface area contributed by atoms with Gasteiger partial charge in [-0.3, -0.25) is 4.79 Å². The maximum Gasteiger partial charge on any atom is 0.254 e. The van der Waals surface area contributed by atoms with Gasteiger partial charge in [0.1, 0.15) is 5.75 Å². The Bertz CT molecular complexity index is 1220. The predicted octanol–water partition coefficient (Wildman–Crippen LogP) is 6.95. The lowest BCUT2D eigenvalue weighted by Crippen LogP contribution is -2.44. The van der Waals surface area contributed by atoms with Crippen LogP contribution < -0.4 is 9.64 Å². The number of allylic oxidation sites excluding steroid dienone is 4. The van der Waals surface area contributed by atoms with Crippen LogP contribution >= 0.6 is 11.6 Å². The number of nitrogens with zero attached hydrogens (tertiary/aromatic N) is 2. The van der Waals surface area contributed by atoms with Crippen molar-refractivity contribution in [1.82, 2.24) is 0 Å². The highest BCUT2D eigenvalue weighted by atomic mass is 35.5. The summed E-state index contributed by atoms with van der Waals surface area (Å²) in [5.41, 5.74) is 4.12. The zero-order valence-electron chi connectivity index (χ0n) is 22.2. The monoisotopic (exact) mass is 557 g/mol. The van der Waals surface area contributed by atoms with E-state index in [0.29, 0.717) is 36.2 Å². The zero-order valence-corrected chi connectivity index (χ0v) is 23.8. The molecule has 2 heterocycles. The quantitative estimate of drug-likeness (QED) is 0.276. The molecule has 0 saturated heterocycles. The minimum absolute atomic E-state index is 0.0654. The van der Waals surface area contributed by atoms with Gasteiger partial charge in [-0.25, -0.2) is 0 Å². The Labute approximate surface area is 233 Å². The van der Waals surface area contributed by atoms with E-state index in [4.69, 9.17) is 21.1 Å². The fraction of sp³-hybridized carbons (Fsp3) is 0.567. The Morgan fingerprint density at radius 1 is 1.16 bits per heavy atom. The smallest absolute Gasteiger partial charge is 0.254 e. The summed E-state index contributed by atoms with van der Waals surface area (Å²) >= 11 is 6.48. The molecule has 2 aliphatic carbocycles. The van der Waals surface area contributed by atoms with E-state index in [2.05, 4.69) is 27.5 Å². The van der Waals surface area contributed by atoms with Crippen molar-refractivity contribution in [3.63, 3.8) is 0 Å². The summed E-state index contributed by atoms with van der Waals surface area (Å²) in [5, 5.41) is 0.930. The van der Waals surface area contributed by atoms with Crippen molar-refractivity contribution in [2.24, 2.45) is 16.2 Å². The second-order valence-electron chi connectivity index (χ2n) is 10.8. The van der Waals surface area contributed by atoms with E-state index >= 15 is 0 Å². The van der Waals surface area contributed by atoms with Crippen LogP contribution in [0.5, 0.6) is 5.75 Å². The molecule has 1 aromatic carbocycles. The molecule has 2 bridgehead atoms. The first kappa shape index (κ1) is 27.5. The minimum atomic E-state index is -1.55. The van der Waals surface area contributed by atoms with Gasteiger partial charge in [0.15, 0.2) is 0 Å². The molecule has 8 heteroatoms. The highest BCUT2D eigenvalue weighted by Gasteiger charge is 2.38. The molecule has 38 heavy (non-hydrogen) atoms. The number of benzene rings is 1. The second kappa shape index (κ2) is 12.8. The number of methoxy groups -OCH3 is 1. The zero-order chi connectivity index (χ0) is 26.5. The molecule has 3 unspecified atom stereocenters. The van der Waals surface area contributed by atoms with E-state index < -0.39 is 16.5 Å². The number of hydrogen-bond acceptors (Lipinski definition) is 6. The van der Waals surface area contributed by atoms with Crippen LogP contribution in [-0.4, -0.2) is 44.6 Å². The molecular formula is C30H38ClN2O4S-. The van der Waals surface area contributed by atoms with Crippen LogP contribution in [0, 0.1) is 11.8 Å². The summed E-state index contributed by atoms with van der Waals surface area (Å²) in [7, 11) is 0.242. The molecule has 0 N–H and O–H groups in total. The Morgan fingerprint density at radius 2 is 2.05 bits per heavy atom. The Kier molecular flexibility index (Phi) is 9.29. The number of anilines is 1. The molecule has 4 aliphatic rings. The van der Waals surface area contributed by atoms with E-state index in [0.717, 1.165) is 80.9 Å². The Balaban J connectivity index is 1.58. The van der Waals surface area contributed by atoms with Gasteiger partial charge in [0.05, 0.1) is 18.4 Å². The summed E-state index contributed by atoms with van der Waals surface area (Å²) in [6.45, 7) is 2.23. The van der Waals surface area contributed by atoms with Gasteiger partial charge >= 0.3 is 0 Å². The molecule has 1 saturated carbocycles. The van der Waals surface area contributed by atoms with Gasteiger partial charge in [0.25, 0.3) is 5.91 Å². The average molecular weight is 558 g/mol. The molecule has 6 nitrogen and oxygen atoms in total. The largest absolute Gasteiger partial charge is 0.491 e. The molecular weight excluding hydrogens is 520 g/mol. The highest BCUT2D eigenvalue weighted by molar-refractivity contribution is 7.75. The fourth-order valence-corrected chi connectivity index (χ4v) is 7.02. The number of fused-ring (bicyclic) bond motifs is 2. The maximum absolute atomic E-state index is 13.0. The number of hydrogen-bond donors (Lipinski definition) is 0. The van der Waals surface area contributed by atoms with Crippen LogP contribution in [0.25, 0.3) is 0 Å². The molecule has 3 atom stereocenters. The minimum Gasteiger partial charge on any atom is -0.491 e. The van der Waals surface area contributed by atoms with Crippen molar-refractivity contribution in [3.8, 4) is 5.75 Å². The van der Waals surface area contributed by atoms with Crippen LogP contribution in [-0.2, 0) is 19.5 Å². The number of halogens is 1.